The molecule has 0 fully saturated rings. The zero-order valence-electron chi connectivity index (χ0n) is 15.0. The van der Waals surface area contributed by atoms with Gasteiger partial charge < -0.3 is 5.32 Å². The molecule has 0 unspecified atom stereocenters. The first kappa shape index (κ1) is 17.4. The Labute approximate surface area is 151 Å². The number of hydrogen-bond acceptors (Lipinski definition) is 0. The summed E-state index contributed by atoms with van der Waals surface area (Å²) < 4.78 is 0. The lowest BCUT2D eigenvalue weighted by Gasteiger charge is -2.19. The Morgan fingerprint density at radius 1 is 0.680 bits per heavy atom. The van der Waals surface area contributed by atoms with Gasteiger partial charge in [0.25, 0.3) is 0 Å². The number of hydrogen-bond donors (Lipinski definition) is 1. The van der Waals surface area contributed by atoms with Crippen molar-refractivity contribution in [3.8, 4) is 0 Å². The van der Waals surface area contributed by atoms with Crippen LogP contribution < -0.4 is 5.32 Å². The van der Waals surface area contributed by atoms with E-state index in [9.17, 15) is 0 Å². The van der Waals surface area contributed by atoms with Crippen molar-refractivity contribution >= 4 is 0 Å². The predicted molar refractivity (Wildman–Crippen MR) is 106 cm³/mol. The minimum absolute atomic E-state index is 0.475. The fraction of sp³-hybridized carbons (Fsp3) is 0.250. The maximum Gasteiger partial charge on any atom is 0.0871 e. The number of benzene rings is 3. The number of quaternary nitrogens is 1. The molecule has 3 rings (SSSR count). The van der Waals surface area contributed by atoms with E-state index in [4.69, 9.17) is 0 Å². The van der Waals surface area contributed by atoms with Crippen LogP contribution in [0, 0.1) is 0 Å². The Morgan fingerprint density at radius 2 is 1.16 bits per heavy atom. The molecular weight excluding hydrogens is 302 g/mol. The molecule has 0 spiro atoms. The molecule has 0 amide bonds. The van der Waals surface area contributed by atoms with Gasteiger partial charge in [-0.2, -0.15) is 0 Å². The molecule has 0 aliphatic rings. The van der Waals surface area contributed by atoms with Gasteiger partial charge in [-0.25, -0.2) is 0 Å². The third-order valence-electron chi connectivity index (χ3n) is 4.83. The minimum Gasteiger partial charge on any atom is -0.344 e. The third-order valence-corrected chi connectivity index (χ3v) is 4.83. The van der Waals surface area contributed by atoms with Crippen LogP contribution >= 0.6 is 0 Å². The van der Waals surface area contributed by atoms with E-state index >= 15 is 0 Å². The monoisotopic (exact) mass is 330 g/mol. The summed E-state index contributed by atoms with van der Waals surface area (Å²) in [6.45, 7) is 3.47. The van der Waals surface area contributed by atoms with Crippen LogP contribution in [0.2, 0.25) is 0 Å². The lowest BCUT2D eigenvalue weighted by molar-refractivity contribution is -0.686. The molecule has 128 valence electrons. The molecule has 2 N–H and O–H groups in total. The third kappa shape index (κ3) is 5.30. The fourth-order valence-corrected chi connectivity index (χ4v) is 3.51. The number of rotatable bonds is 8. The van der Waals surface area contributed by atoms with E-state index in [2.05, 4.69) is 103 Å². The Hall–Kier alpha value is -2.38. The van der Waals surface area contributed by atoms with Crippen molar-refractivity contribution < 1.29 is 5.32 Å². The van der Waals surface area contributed by atoms with Crippen molar-refractivity contribution in [1.82, 2.24) is 0 Å². The predicted octanol–water partition coefficient (Wildman–Crippen LogP) is 4.40. The highest BCUT2D eigenvalue weighted by Crippen LogP contribution is 2.26. The van der Waals surface area contributed by atoms with Gasteiger partial charge in [0, 0.05) is 18.8 Å². The zero-order valence-corrected chi connectivity index (χ0v) is 15.0. The summed E-state index contributed by atoms with van der Waals surface area (Å²) >= 11 is 0. The van der Waals surface area contributed by atoms with E-state index in [0.717, 1.165) is 19.4 Å². The van der Waals surface area contributed by atoms with Crippen molar-refractivity contribution in [1.29, 1.82) is 0 Å². The molecule has 25 heavy (non-hydrogen) atoms. The zero-order chi connectivity index (χ0) is 17.3. The Morgan fingerprint density at radius 3 is 1.68 bits per heavy atom. The Kier molecular flexibility index (Phi) is 6.42. The highest BCUT2D eigenvalue weighted by molar-refractivity contribution is 5.32. The largest absolute Gasteiger partial charge is 0.344 e. The Bertz CT molecular complexity index is 682. The van der Waals surface area contributed by atoms with Crippen LogP contribution in [-0.4, -0.2) is 12.6 Å². The van der Waals surface area contributed by atoms with Crippen LogP contribution in [0.25, 0.3) is 0 Å². The lowest BCUT2D eigenvalue weighted by atomic mass is 9.88. The smallest absolute Gasteiger partial charge is 0.0871 e. The molecular formula is C24H28N+. The maximum atomic E-state index is 2.49. The highest BCUT2D eigenvalue weighted by atomic mass is 14.9. The fourth-order valence-electron chi connectivity index (χ4n) is 3.51. The summed E-state index contributed by atoms with van der Waals surface area (Å²) in [5.74, 6) is 0.475. The van der Waals surface area contributed by atoms with Gasteiger partial charge >= 0.3 is 0 Å². The van der Waals surface area contributed by atoms with Gasteiger partial charge in [-0.05, 0) is 23.6 Å². The summed E-state index contributed by atoms with van der Waals surface area (Å²) in [6.07, 6.45) is 2.29. The second-order valence-electron chi connectivity index (χ2n) is 6.85. The van der Waals surface area contributed by atoms with Crippen LogP contribution in [0.5, 0.6) is 0 Å². The first-order valence-electron chi connectivity index (χ1n) is 9.30. The van der Waals surface area contributed by atoms with Gasteiger partial charge in [-0.1, -0.05) is 91.0 Å². The summed E-state index contributed by atoms with van der Waals surface area (Å²) in [6, 6.07) is 33.2. The average Bonchev–Trinajstić information content (AvgIpc) is 2.67. The van der Waals surface area contributed by atoms with Crippen molar-refractivity contribution in [2.75, 3.05) is 6.54 Å². The Balaban J connectivity index is 1.60. The van der Waals surface area contributed by atoms with E-state index in [-0.39, 0.29) is 0 Å². The summed E-state index contributed by atoms with van der Waals surface area (Å²) in [4.78, 5) is 0. The highest BCUT2D eigenvalue weighted by Gasteiger charge is 2.15. The molecule has 0 aliphatic carbocycles. The van der Waals surface area contributed by atoms with Crippen molar-refractivity contribution in [2.24, 2.45) is 0 Å². The molecule has 1 nitrogen and oxygen atoms in total. The molecule has 0 saturated heterocycles. The van der Waals surface area contributed by atoms with Crippen molar-refractivity contribution in [3.05, 3.63) is 108 Å². The molecule has 0 bridgehead atoms. The van der Waals surface area contributed by atoms with Crippen LogP contribution in [0.4, 0.5) is 0 Å². The van der Waals surface area contributed by atoms with Crippen LogP contribution in [0.3, 0.4) is 0 Å². The SMILES string of the molecule is C[C@H](Cc1ccccc1)[NH2+]CCC(c1ccccc1)c1ccccc1. The van der Waals surface area contributed by atoms with Gasteiger partial charge in [-0.15, -0.1) is 0 Å². The van der Waals surface area contributed by atoms with Crippen LogP contribution in [-0.2, 0) is 6.42 Å². The molecule has 0 aliphatic heterocycles. The standard InChI is InChI=1S/C24H27N/c1-20(19-21-11-5-2-6-12-21)25-18-17-24(22-13-7-3-8-14-22)23-15-9-4-10-16-23/h2-16,20,24-25H,17-19H2,1H3/p+1/t20-/m1/s1. The van der Waals surface area contributed by atoms with Crippen molar-refractivity contribution in [2.45, 2.75) is 31.7 Å². The molecule has 0 heterocycles. The normalized spacial score (nSPS) is 12.2. The number of nitrogens with two attached hydrogens (primary N) is 1. The molecule has 0 saturated carbocycles. The molecule has 1 heteroatoms. The molecule has 1 atom stereocenters. The van der Waals surface area contributed by atoms with Gasteiger partial charge in [0.1, 0.15) is 0 Å². The first-order chi connectivity index (χ1) is 12.3. The summed E-state index contributed by atoms with van der Waals surface area (Å²) in [7, 11) is 0. The van der Waals surface area contributed by atoms with Gasteiger partial charge in [0.2, 0.25) is 0 Å². The van der Waals surface area contributed by atoms with Gasteiger partial charge in [-0.3, -0.25) is 0 Å². The van der Waals surface area contributed by atoms with E-state index < -0.39 is 0 Å². The van der Waals surface area contributed by atoms with E-state index in [1.54, 1.807) is 0 Å². The van der Waals surface area contributed by atoms with Crippen molar-refractivity contribution in [3.63, 3.8) is 0 Å². The molecule has 0 aromatic heterocycles. The maximum absolute atomic E-state index is 2.49. The minimum atomic E-state index is 0.475. The van der Waals surface area contributed by atoms with E-state index in [1.165, 1.54) is 16.7 Å². The van der Waals surface area contributed by atoms with E-state index in [0.29, 0.717) is 12.0 Å². The quantitative estimate of drug-likeness (QED) is 0.630. The summed E-state index contributed by atoms with van der Waals surface area (Å²) in [5, 5.41) is 2.49. The topological polar surface area (TPSA) is 16.6 Å². The summed E-state index contributed by atoms with van der Waals surface area (Å²) in [5.41, 5.74) is 4.25. The molecule has 3 aromatic carbocycles. The second-order valence-corrected chi connectivity index (χ2v) is 6.85. The van der Waals surface area contributed by atoms with Crippen LogP contribution in [0.1, 0.15) is 36.0 Å². The van der Waals surface area contributed by atoms with Gasteiger partial charge in [0.05, 0.1) is 12.6 Å². The second kappa shape index (κ2) is 9.19. The average molecular weight is 330 g/mol. The van der Waals surface area contributed by atoms with Crippen LogP contribution in [0.15, 0.2) is 91.0 Å². The first-order valence-corrected chi connectivity index (χ1v) is 9.30. The molecule has 0 radical (unpaired) electrons. The van der Waals surface area contributed by atoms with Gasteiger partial charge in [0.15, 0.2) is 0 Å². The van der Waals surface area contributed by atoms with E-state index in [1.807, 2.05) is 0 Å². The lowest BCUT2D eigenvalue weighted by Crippen LogP contribution is -2.89. The molecule has 3 aromatic rings.